The molecule has 1 aromatic heterocycles. The van der Waals surface area contributed by atoms with E-state index in [1.165, 1.54) is 15.6 Å². The highest BCUT2D eigenvalue weighted by Gasteiger charge is 2.38. The molecule has 1 saturated heterocycles. The number of thiophene rings is 1. The molecule has 162 valence electrons. The number of hydrogen-bond acceptors (Lipinski definition) is 5. The number of benzene rings is 1. The molecule has 0 radical (unpaired) electrons. The second kappa shape index (κ2) is 7.98. The normalized spacial score (nSPS) is 24.0. The van der Waals surface area contributed by atoms with Crippen molar-refractivity contribution in [3.63, 3.8) is 0 Å². The Balaban J connectivity index is 1.51. The van der Waals surface area contributed by atoms with Gasteiger partial charge in [0.15, 0.2) is 0 Å². The summed E-state index contributed by atoms with van der Waals surface area (Å²) in [7, 11) is -3.54. The maximum absolute atomic E-state index is 13.2. The molecule has 2 aliphatic heterocycles. The van der Waals surface area contributed by atoms with Crippen molar-refractivity contribution in [2.24, 2.45) is 5.92 Å². The van der Waals surface area contributed by atoms with E-state index in [1.54, 1.807) is 17.5 Å². The summed E-state index contributed by atoms with van der Waals surface area (Å²) in [6, 6.07) is 9.23. The van der Waals surface area contributed by atoms with E-state index in [4.69, 9.17) is 4.74 Å². The van der Waals surface area contributed by atoms with Gasteiger partial charge in [0.25, 0.3) is 10.0 Å². The number of ether oxygens (including phenoxy) is 1. The predicted molar refractivity (Wildman–Crippen MR) is 117 cm³/mol. The lowest BCUT2D eigenvalue weighted by molar-refractivity contribution is -0.127. The molecule has 4 rings (SSSR count). The van der Waals surface area contributed by atoms with E-state index in [-0.39, 0.29) is 30.0 Å². The first-order valence-corrected chi connectivity index (χ1v) is 12.6. The summed E-state index contributed by atoms with van der Waals surface area (Å²) in [6.07, 6.45) is 2.03. The third kappa shape index (κ3) is 4.26. The maximum atomic E-state index is 13.2. The molecule has 0 bridgehead atoms. The van der Waals surface area contributed by atoms with Gasteiger partial charge in [-0.3, -0.25) is 4.79 Å². The van der Waals surface area contributed by atoms with E-state index in [1.807, 2.05) is 32.9 Å². The number of nitrogens with one attached hydrogen (secondary N) is 1. The van der Waals surface area contributed by atoms with Crippen LogP contribution >= 0.6 is 11.3 Å². The van der Waals surface area contributed by atoms with Gasteiger partial charge < -0.3 is 10.1 Å². The molecule has 2 atom stereocenters. The van der Waals surface area contributed by atoms with Crippen LogP contribution in [0.5, 0.6) is 5.75 Å². The van der Waals surface area contributed by atoms with Crippen molar-refractivity contribution in [1.29, 1.82) is 0 Å². The fraction of sp³-hybridized carbons (Fsp3) is 0.500. The van der Waals surface area contributed by atoms with E-state index < -0.39 is 10.0 Å². The Kier molecular flexibility index (Phi) is 5.67. The molecule has 1 N–H and O–H groups in total. The molecule has 1 amide bonds. The third-order valence-electron chi connectivity index (χ3n) is 5.78. The molecular formula is C22H28N2O4S2. The Morgan fingerprint density at radius 2 is 2.10 bits per heavy atom. The molecule has 0 unspecified atom stereocenters. The SMILES string of the molecule is Cc1ccc2c(c1)[C@@H](NC(=O)[C@H]1CCCN(S(=O)(=O)c3cccs3)C1)CC(C)(C)O2. The van der Waals surface area contributed by atoms with Crippen molar-refractivity contribution >= 4 is 27.3 Å². The van der Waals surface area contributed by atoms with Crippen molar-refractivity contribution in [2.75, 3.05) is 13.1 Å². The van der Waals surface area contributed by atoms with Crippen LogP contribution in [-0.2, 0) is 14.8 Å². The summed E-state index contributed by atoms with van der Waals surface area (Å²) in [5.41, 5.74) is 1.71. The number of piperidine rings is 1. The van der Waals surface area contributed by atoms with Gasteiger partial charge in [0, 0.05) is 25.1 Å². The first-order valence-electron chi connectivity index (χ1n) is 10.3. The summed E-state index contributed by atoms with van der Waals surface area (Å²) in [6.45, 7) is 6.73. The molecule has 3 heterocycles. The monoisotopic (exact) mass is 448 g/mol. The minimum absolute atomic E-state index is 0.0868. The molecule has 2 aromatic rings. The summed E-state index contributed by atoms with van der Waals surface area (Å²) in [5.74, 6) is 0.358. The lowest BCUT2D eigenvalue weighted by atomic mass is 9.88. The van der Waals surface area contributed by atoms with Gasteiger partial charge in [0.2, 0.25) is 5.91 Å². The average Bonchev–Trinajstić information content (AvgIpc) is 3.24. The molecule has 0 aliphatic carbocycles. The van der Waals surface area contributed by atoms with Gasteiger partial charge >= 0.3 is 0 Å². The highest BCUT2D eigenvalue weighted by molar-refractivity contribution is 7.91. The standard InChI is InChI=1S/C22H28N2O4S2/c1-15-8-9-19-17(12-15)18(13-22(2,3)28-19)23-21(25)16-6-4-10-24(14-16)30(26,27)20-7-5-11-29-20/h5,7-9,11-12,16,18H,4,6,10,13-14H2,1-3H3,(H,23,25)/t16-,18-/m0/s1. The van der Waals surface area contributed by atoms with Crippen molar-refractivity contribution in [3.05, 3.63) is 46.8 Å². The second-order valence-electron chi connectivity index (χ2n) is 8.80. The maximum Gasteiger partial charge on any atom is 0.252 e. The Bertz CT molecular complexity index is 1030. The number of amides is 1. The number of fused-ring (bicyclic) bond motifs is 1. The third-order valence-corrected chi connectivity index (χ3v) is 9.02. The fourth-order valence-electron chi connectivity index (χ4n) is 4.30. The van der Waals surface area contributed by atoms with E-state index in [2.05, 4.69) is 11.4 Å². The van der Waals surface area contributed by atoms with Gasteiger partial charge in [0.05, 0.1) is 12.0 Å². The number of hydrogen-bond donors (Lipinski definition) is 1. The van der Waals surface area contributed by atoms with Crippen LogP contribution in [0.4, 0.5) is 0 Å². The van der Waals surface area contributed by atoms with Gasteiger partial charge in [-0.05, 0) is 51.1 Å². The lowest BCUT2D eigenvalue weighted by Crippen LogP contribution is -2.47. The van der Waals surface area contributed by atoms with Gasteiger partial charge in [-0.15, -0.1) is 11.3 Å². The first-order chi connectivity index (χ1) is 14.2. The number of rotatable bonds is 4. The lowest BCUT2D eigenvalue weighted by Gasteiger charge is -2.39. The Labute approximate surface area is 182 Å². The zero-order valence-corrected chi connectivity index (χ0v) is 19.2. The molecule has 8 heteroatoms. The Morgan fingerprint density at radius 1 is 1.30 bits per heavy atom. The fourth-order valence-corrected chi connectivity index (χ4v) is 6.97. The molecular weight excluding hydrogens is 420 g/mol. The number of carbonyl (C=O) groups is 1. The van der Waals surface area contributed by atoms with E-state index in [0.717, 1.165) is 16.9 Å². The minimum Gasteiger partial charge on any atom is -0.487 e. The van der Waals surface area contributed by atoms with Crippen molar-refractivity contribution < 1.29 is 17.9 Å². The average molecular weight is 449 g/mol. The smallest absolute Gasteiger partial charge is 0.252 e. The van der Waals surface area contributed by atoms with E-state index in [0.29, 0.717) is 30.0 Å². The summed E-state index contributed by atoms with van der Waals surface area (Å²) in [4.78, 5) is 13.2. The van der Waals surface area contributed by atoms with Crippen LogP contribution in [0.15, 0.2) is 39.9 Å². The van der Waals surface area contributed by atoms with Gasteiger partial charge in [-0.2, -0.15) is 4.31 Å². The van der Waals surface area contributed by atoms with Crippen LogP contribution in [0.2, 0.25) is 0 Å². The Hall–Kier alpha value is -1.90. The van der Waals surface area contributed by atoms with Crippen LogP contribution in [0.3, 0.4) is 0 Å². The van der Waals surface area contributed by atoms with Crippen molar-refractivity contribution in [1.82, 2.24) is 9.62 Å². The number of aryl methyl sites for hydroxylation is 1. The predicted octanol–water partition coefficient (Wildman–Crippen LogP) is 3.88. The zero-order chi connectivity index (χ0) is 21.5. The molecule has 6 nitrogen and oxygen atoms in total. The van der Waals surface area contributed by atoms with Gasteiger partial charge in [-0.25, -0.2) is 8.42 Å². The largest absolute Gasteiger partial charge is 0.487 e. The number of carbonyl (C=O) groups excluding carboxylic acids is 1. The van der Waals surface area contributed by atoms with Crippen molar-refractivity contribution in [2.45, 2.75) is 55.9 Å². The number of sulfonamides is 1. The molecule has 0 spiro atoms. The molecule has 0 saturated carbocycles. The van der Waals surface area contributed by atoms with Crippen LogP contribution < -0.4 is 10.1 Å². The Morgan fingerprint density at radius 3 is 2.83 bits per heavy atom. The highest BCUT2D eigenvalue weighted by atomic mass is 32.2. The first kappa shape index (κ1) is 21.3. The molecule has 30 heavy (non-hydrogen) atoms. The number of nitrogens with zero attached hydrogens (tertiary/aromatic N) is 1. The van der Waals surface area contributed by atoms with Gasteiger partial charge in [0.1, 0.15) is 15.6 Å². The zero-order valence-electron chi connectivity index (χ0n) is 17.6. The van der Waals surface area contributed by atoms with E-state index >= 15 is 0 Å². The molecule has 2 aliphatic rings. The second-order valence-corrected chi connectivity index (χ2v) is 11.9. The van der Waals surface area contributed by atoms with Crippen LogP contribution in [0.1, 0.15) is 50.3 Å². The van der Waals surface area contributed by atoms with Crippen LogP contribution in [0.25, 0.3) is 0 Å². The summed E-state index contributed by atoms with van der Waals surface area (Å²) >= 11 is 1.21. The highest BCUT2D eigenvalue weighted by Crippen LogP contribution is 2.40. The summed E-state index contributed by atoms with van der Waals surface area (Å²) < 4.78 is 33.6. The topological polar surface area (TPSA) is 75.7 Å². The van der Waals surface area contributed by atoms with E-state index in [9.17, 15) is 13.2 Å². The quantitative estimate of drug-likeness (QED) is 0.770. The minimum atomic E-state index is -3.54. The van der Waals surface area contributed by atoms with Gasteiger partial charge in [-0.1, -0.05) is 23.8 Å². The molecule has 1 fully saturated rings. The molecule has 1 aromatic carbocycles. The summed E-state index contributed by atoms with van der Waals surface area (Å²) in [5, 5.41) is 4.95. The van der Waals surface area contributed by atoms with Crippen LogP contribution in [0, 0.1) is 12.8 Å². The van der Waals surface area contributed by atoms with Crippen molar-refractivity contribution in [3.8, 4) is 5.75 Å². The van der Waals surface area contributed by atoms with Crippen LogP contribution in [-0.4, -0.2) is 37.3 Å².